The summed E-state index contributed by atoms with van der Waals surface area (Å²) < 4.78 is 15.2. The summed E-state index contributed by atoms with van der Waals surface area (Å²) in [5, 5.41) is 36.8. The quantitative estimate of drug-likeness (QED) is 0.0589. The Hall–Kier alpha value is -15.7. The molecule has 0 saturated heterocycles. The number of aromatic nitrogens is 8. The van der Waals surface area contributed by atoms with Crippen molar-refractivity contribution in [3.8, 4) is 58.3 Å². The molecule has 0 bridgehead atoms. The van der Waals surface area contributed by atoms with Gasteiger partial charge in [0.25, 0.3) is 16.7 Å². The fourth-order valence-electron chi connectivity index (χ4n) is 12.2. The number of para-hydroxylation sites is 3. The molecule has 0 radical (unpaired) electrons. The molecule has 0 atom stereocenters. The van der Waals surface area contributed by atoms with E-state index in [4.69, 9.17) is 19.1 Å². The third kappa shape index (κ3) is 17.2. The number of methoxy groups -OCH3 is 1. The normalized spacial score (nSPS) is 11.0. The molecule has 0 aliphatic rings. The lowest BCUT2D eigenvalue weighted by molar-refractivity contribution is -0.402. The standard InChI is InChI=1S/C34H23N3O4S.C28H18N4O4.C28H18N4O3S/c1-22-19-23(7-8-24-9-11-26-21-27(41-2)13-12-25(26)20-24)10-16-31(22)36-32(17-14-28-15-18-33(42-28)37(39)40)35-30-6-4-3-5-29(30)34(36)38;2*1-19-17-20(8-9-21-5-4-16-29-18-21)10-13-25(19)31-26(14-11-22-12-15-27(36-22)32(34)35)30-24-7-3-2-6-23(24)28(31)33/h3-6,9-21H,1-2H3;2*2-7,10-18H,1H3/b17-14+;2*14-11+. The van der Waals surface area contributed by atoms with Crippen molar-refractivity contribution in [1.82, 2.24) is 38.6 Å². The number of nitro groups is 3. The van der Waals surface area contributed by atoms with Gasteiger partial charge < -0.3 is 9.15 Å². The smallest absolute Gasteiger partial charge is 0.433 e. The van der Waals surface area contributed by atoms with Gasteiger partial charge in [-0.3, -0.25) is 68.4 Å². The molecule has 8 heterocycles. The van der Waals surface area contributed by atoms with Crippen molar-refractivity contribution in [3.63, 3.8) is 0 Å². The Balaban J connectivity index is 0.000000142. The maximum absolute atomic E-state index is 13.7. The zero-order valence-corrected chi connectivity index (χ0v) is 62.5. The maximum Gasteiger partial charge on any atom is 0.433 e. The van der Waals surface area contributed by atoms with Crippen molar-refractivity contribution in [1.29, 1.82) is 0 Å². The van der Waals surface area contributed by atoms with Gasteiger partial charge in [0.1, 0.15) is 33.9 Å². The van der Waals surface area contributed by atoms with Gasteiger partial charge in [0, 0.05) is 80.1 Å². The van der Waals surface area contributed by atoms with Crippen molar-refractivity contribution in [2.75, 3.05) is 7.11 Å². The van der Waals surface area contributed by atoms with Gasteiger partial charge in [0.2, 0.25) is 0 Å². The summed E-state index contributed by atoms with van der Waals surface area (Å²) in [4.78, 5) is 96.1. The highest BCUT2D eigenvalue weighted by Crippen LogP contribution is 2.30. The van der Waals surface area contributed by atoms with Gasteiger partial charge in [0.15, 0.2) is 0 Å². The van der Waals surface area contributed by atoms with E-state index in [1.807, 2.05) is 160 Å². The Kier molecular flexibility index (Phi) is 22.3. The zero-order valence-electron chi connectivity index (χ0n) is 60.9. The van der Waals surface area contributed by atoms with Crippen molar-refractivity contribution >= 4 is 118 Å². The zero-order chi connectivity index (χ0) is 79.4. The van der Waals surface area contributed by atoms with E-state index in [0.29, 0.717) is 77.0 Å². The SMILES string of the molecule is COc1ccc2cc(C#Cc3ccc(-n4c(/C=C/c5ccc([N+](=O)[O-])s5)nc5ccccc5c4=O)c(C)c3)ccc2c1.Cc1cc(C#Cc2cccnc2)ccc1-n1c(/C=C/c2ccc([N+](=O)[O-])o2)nc2ccccc2c1=O.Cc1cc(C#Cc2cccnc2)ccc1-n1c(/C=C/c2ccc([N+](=O)[O-])s2)nc2ccccc2c1=O. The summed E-state index contributed by atoms with van der Waals surface area (Å²) in [5.41, 5.74) is 10.5. The number of ether oxygens (including phenoxy) is 1. The van der Waals surface area contributed by atoms with Gasteiger partial charge in [-0.05, 0) is 242 Å². The van der Waals surface area contributed by atoms with Crippen LogP contribution < -0.4 is 21.4 Å². The summed E-state index contributed by atoms with van der Waals surface area (Å²) in [5.74, 6) is 20.8. The molecule has 0 saturated carbocycles. The predicted molar refractivity (Wildman–Crippen MR) is 447 cm³/mol. The minimum atomic E-state index is -0.607. The topological polar surface area (TPSA) is 282 Å². The number of pyridine rings is 2. The Morgan fingerprint density at radius 1 is 0.395 bits per heavy atom. The predicted octanol–water partition coefficient (Wildman–Crippen LogP) is 18.2. The Labute approximate surface area is 657 Å². The van der Waals surface area contributed by atoms with Crippen molar-refractivity contribution in [2.45, 2.75) is 20.8 Å². The second kappa shape index (κ2) is 33.8. The van der Waals surface area contributed by atoms with Crippen LogP contribution in [-0.2, 0) is 0 Å². The van der Waals surface area contributed by atoms with Crippen LogP contribution in [0.3, 0.4) is 0 Å². The van der Waals surface area contributed by atoms with Crippen molar-refractivity contribution in [2.24, 2.45) is 0 Å². The lowest BCUT2D eigenvalue weighted by atomic mass is 10.1. The van der Waals surface area contributed by atoms with E-state index >= 15 is 0 Å². The van der Waals surface area contributed by atoms with Crippen LogP contribution in [-0.4, -0.2) is 60.5 Å². The molecule has 0 spiro atoms. The number of rotatable bonds is 13. The summed E-state index contributed by atoms with van der Waals surface area (Å²) in [6.45, 7) is 5.75. The van der Waals surface area contributed by atoms with Crippen LogP contribution in [0.4, 0.5) is 15.9 Å². The molecule has 0 amide bonds. The first-order valence-electron chi connectivity index (χ1n) is 35.0. The molecule has 8 aromatic heterocycles. The summed E-state index contributed by atoms with van der Waals surface area (Å²) in [6.07, 6.45) is 16.8. The number of aryl methyl sites for hydroxylation is 3. The molecule has 0 aliphatic heterocycles. The lowest BCUT2D eigenvalue weighted by Gasteiger charge is -2.14. The molecule has 16 aromatic rings. The maximum atomic E-state index is 13.7. The molecule has 0 N–H and O–H groups in total. The average Bonchev–Trinajstić information content (AvgIpc) is 1.32. The van der Waals surface area contributed by atoms with Crippen LogP contribution in [0.25, 0.3) is 97.0 Å². The molecule has 22 nitrogen and oxygen atoms in total. The number of nitrogens with zero attached hydrogens (tertiary/aromatic N) is 11. The van der Waals surface area contributed by atoms with E-state index in [2.05, 4.69) is 50.5 Å². The van der Waals surface area contributed by atoms with Crippen molar-refractivity contribution in [3.05, 3.63) is 394 Å². The molecular weight excluding hydrogens is 1480 g/mol. The number of benzene rings is 8. The highest BCUT2D eigenvalue weighted by molar-refractivity contribution is 7.16. The highest BCUT2D eigenvalue weighted by atomic mass is 32.1. The van der Waals surface area contributed by atoms with Gasteiger partial charge >= 0.3 is 15.9 Å². The number of hydrogen-bond donors (Lipinski definition) is 0. The largest absolute Gasteiger partial charge is 0.497 e. The molecule has 24 heteroatoms. The van der Waals surface area contributed by atoms with E-state index < -0.39 is 14.8 Å². The van der Waals surface area contributed by atoms with E-state index in [0.717, 1.165) is 89.3 Å². The van der Waals surface area contributed by atoms with E-state index in [1.54, 1.807) is 138 Å². The van der Waals surface area contributed by atoms with Gasteiger partial charge in [0.05, 0.1) is 72.8 Å². The minimum absolute atomic E-state index is 0.0509. The second-order valence-electron chi connectivity index (χ2n) is 25.3. The number of hydrogen-bond acceptors (Lipinski definition) is 18. The Bertz CT molecular complexity index is 6740. The van der Waals surface area contributed by atoms with Crippen LogP contribution in [0.15, 0.2) is 268 Å². The van der Waals surface area contributed by atoms with Gasteiger partial charge in [-0.25, -0.2) is 15.0 Å². The van der Waals surface area contributed by atoms with Crippen LogP contribution in [0.5, 0.6) is 5.75 Å². The summed E-state index contributed by atoms with van der Waals surface area (Å²) in [6, 6.07) is 66.8. The van der Waals surface area contributed by atoms with Crippen LogP contribution >= 0.6 is 22.7 Å². The first kappa shape index (κ1) is 75.1. The number of fused-ring (bicyclic) bond motifs is 4. The number of furan rings is 1. The molecule has 0 aliphatic carbocycles. The molecule has 8 aromatic carbocycles. The first-order valence-corrected chi connectivity index (χ1v) is 36.6. The molecule has 0 unspecified atom stereocenters. The van der Waals surface area contributed by atoms with Crippen LogP contribution in [0.2, 0.25) is 0 Å². The second-order valence-corrected chi connectivity index (χ2v) is 27.5. The van der Waals surface area contributed by atoms with Crippen LogP contribution in [0, 0.1) is 86.6 Å². The highest BCUT2D eigenvalue weighted by Gasteiger charge is 2.19. The third-order valence-electron chi connectivity index (χ3n) is 17.7. The van der Waals surface area contributed by atoms with Crippen LogP contribution in [0.1, 0.15) is 83.1 Å². The molecule has 0 fully saturated rings. The van der Waals surface area contributed by atoms with Gasteiger partial charge in [-0.1, -0.05) is 107 Å². The molecular formula is C90H59N11O11S2. The number of thiophene rings is 2. The molecule has 16 rings (SSSR count). The van der Waals surface area contributed by atoms with Gasteiger partial charge in [-0.15, -0.1) is 0 Å². The fraction of sp³-hybridized carbons (Fsp3) is 0.0444. The van der Waals surface area contributed by atoms with E-state index in [-0.39, 0.29) is 38.3 Å². The molecule has 114 heavy (non-hydrogen) atoms. The summed E-state index contributed by atoms with van der Waals surface area (Å²) >= 11 is 2.12. The minimum Gasteiger partial charge on any atom is -0.497 e. The molecule has 552 valence electrons. The van der Waals surface area contributed by atoms with E-state index in [9.17, 15) is 44.7 Å². The van der Waals surface area contributed by atoms with Crippen molar-refractivity contribution < 1.29 is 23.9 Å². The first-order chi connectivity index (χ1) is 55.4. The third-order valence-corrected chi connectivity index (χ3v) is 19.7. The van der Waals surface area contributed by atoms with E-state index in [1.165, 1.54) is 28.8 Å². The average molecular weight is 1530 g/mol. The Morgan fingerprint density at radius 3 is 1.16 bits per heavy atom. The van der Waals surface area contributed by atoms with Gasteiger partial charge in [-0.2, -0.15) is 0 Å². The summed E-state index contributed by atoms with van der Waals surface area (Å²) in [7, 11) is 1.65. The fourth-order valence-corrected chi connectivity index (χ4v) is 13.7. The lowest BCUT2D eigenvalue weighted by Crippen LogP contribution is -2.23. The Morgan fingerprint density at radius 2 is 0.781 bits per heavy atom. The monoisotopic (exact) mass is 1530 g/mol.